The maximum atomic E-state index is 12.5. The van der Waals surface area contributed by atoms with Gasteiger partial charge >= 0.3 is 12.0 Å². The number of likely N-dealkylation sites (tertiary alicyclic amines) is 1. The van der Waals surface area contributed by atoms with E-state index in [0.717, 1.165) is 19.3 Å². The van der Waals surface area contributed by atoms with E-state index in [4.69, 9.17) is 4.74 Å². The van der Waals surface area contributed by atoms with E-state index in [0.29, 0.717) is 13.0 Å². The first kappa shape index (κ1) is 16.1. The molecule has 6 heteroatoms. The van der Waals surface area contributed by atoms with Crippen LogP contribution in [0.4, 0.5) is 4.79 Å². The molecule has 0 aromatic heterocycles. The molecule has 2 amide bonds. The Morgan fingerprint density at radius 2 is 2.05 bits per heavy atom. The Morgan fingerprint density at radius 1 is 1.33 bits per heavy atom. The molecule has 2 N–H and O–H groups in total. The second-order valence-electron chi connectivity index (χ2n) is 6.84. The van der Waals surface area contributed by atoms with Crippen LogP contribution in [0.1, 0.15) is 46.0 Å². The molecule has 120 valence electrons. The van der Waals surface area contributed by atoms with Crippen molar-refractivity contribution in [1.29, 1.82) is 0 Å². The van der Waals surface area contributed by atoms with Crippen LogP contribution in [0.2, 0.25) is 0 Å². The summed E-state index contributed by atoms with van der Waals surface area (Å²) >= 11 is 0. The SMILES string of the molecule is COC1CC(C(=O)O)N(C(=O)NC2CCCCC2(C)C)C1. The summed E-state index contributed by atoms with van der Waals surface area (Å²) in [5.41, 5.74) is 0.0625. The molecular weight excluding hydrogens is 272 g/mol. The van der Waals surface area contributed by atoms with E-state index in [2.05, 4.69) is 19.2 Å². The second kappa shape index (κ2) is 6.22. The standard InChI is InChI=1S/C15H26N2O4/c1-15(2)7-5-4-6-12(15)16-14(20)17-9-10(21-3)8-11(17)13(18)19/h10-12H,4-9H2,1-3H3,(H,16,20)(H,18,19). The number of nitrogens with zero attached hydrogens (tertiary/aromatic N) is 1. The number of carbonyl (C=O) groups excluding carboxylic acids is 1. The normalized spacial score (nSPS) is 32.0. The van der Waals surface area contributed by atoms with Gasteiger partial charge in [0.1, 0.15) is 6.04 Å². The van der Waals surface area contributed by atoms with E-state index in [1.807, 2.05) is 0 Å². The molecule has 1 heterocycles. The summed E-state index contributed by atoms with van der Waals surface area (Å²) in [6, 6.07) is -0.960. The summed E-state index contributed by atoms with van der Waals surface area (Å²) < 4.78 is 5.22. The van der Waals surface area contributed by atoms with Gasteiger partial charge in [-0.3, -0.25) is 0 Å². The lowest BCUT2D eigenvalue weighted by molar-refractivity contribution is -0.141. The molecule has 3 unspecified atom stereocenters. The van der Waals surface area contributed by atoms with Crippen LogP contribution < -0.4 is 5.32 Å². The maximum Gasteiger partial charge on any atom is 0.326 e. The van der Waals surface area contributed by atoms with Crippen molar-refractivity contribution in [3.8, 4) is 0 Å². The van der Waals surface area contributed by atoms with Gasteiger partial charge in [0.25, 0.3) is 0 Å². The molecule has 0 bridgehead atoms. The van der Waals surface area contributed by atoms with Crippen molar-refractivity contribution in [2.45, 2.75) is 64.1 Å². The first-order valence-electron chi connectivity index (χ1n) is 7.68. The third-order valence-corrected chi connectivity index (χ3v) is 4.95. The van der Waals surface area contributed by atoms with Crippen molar-refractivity contribution in [1.82, 2.24) is 10.2 Å². The molecule has 2 fully saturated rings. The van der Waals surface area contributed by atoms with Gasteiger partial charge < -0.3 is 20.1 Å². The van der Waals surface area contributed by atoms with Crippen LogP contribution in [0.3, 0.4) is 0 Å². The predicted octanol–water partition coefficient (Wildman–Crippen LogP) is 1.84. The summed E-state index contributed by atoms with van der Waals surface area (Å²) in [5.74, 6) is -0.965. The number of amides is 2. The minimum atomic E-state index is -0.965. The molecule has 1 aliphatic carbocycles. The topological polar surface area (TPSA) is 78.9 Å². The average Bonchev–Trinajstić information content (AvgIpc) is 2.85. The van der Waals surface area contributed by atoms with Gasteiger partial charge in [0.15, 0.2) is 0 Å². The monoisotopic (exact) mass is 298 g/mol. The molecule has 0 aromatic carbocycles. The van der Waals surface area contributed by atoms with Crippen LogP contribution in [0, 0.1) is 5.41 Å². The van der Waals surface area contributed by atoms with Gasteiger partial charge in [0, 0.05) is 26.1 Å². The fraction of sp³-hybridized carbons (Fsp3) is 0.867. The quantitative estimate of drug-likeness (QED) is 0.833. The number of nitrogens with one attached hydrogen (secondary N) is 1. The first-order chi connectivity index (χ1) is 9.85. The Bertz CT molecular complexity index is 410. The van der Waals surface area contributed by atoms with E-state index in [1.165, 1.54) is 11.3 Å². The molecule has 0 spiro atoms. The molecular formula is C15H26N2O4. The van der Waals surface area contributed by atoms with Crippen molar-refractivity contribution in [3.63, 3.8) is 0 Å². The van der Waals surface area contributed by atoms with Gasteiger partial charge in [-0.2, -0.15) is 0 Å². The maximum absolute atomic E-state index is 12.5. The number of ether oxygens (including phenoxy) is 1. The fourth-order valence-electron chi connectivity index (χ4n) is 3.42. The number of aliphatic carboxylic acids is 1. The number of carboxylic acids is 1. The highest BCUT2D eigenvalue weighted by Gasteiger charge is 2.42. The summed E-state index contributed by atoms with van der Waals surface area (Å²) in [4.78, 5) is 25.2. The molecule has 2 aliphatic rings. The minimum Gasteiger partial charge on any atom is -0.480 e. The Labute approximate surface area is 125 Å². The van der Waals surface area contributed by atoms with Crippen molar-refractivity contribution in [3.05, 3.63) is 0 Å². The van der Waals surface area contributed by atoms with Crippen LogP contribution in [-0.4, -0.2) is 53.8 Å². The van der Waals surface area contributed by atoms with Gasteiger partial charge in [-0.25, -0.2) is 9.59 Å². The molecule has 1 aliphatic heterocycles. The molecule has 2 rings (SSSR count). The predicted molar refractivity (Wildman–Crippen MR) is 78.1 cm³/mol. The summed E-state index contributed by atoms with van der Waals surface area (Å²) in [5, 5.41) is 12.3. The number of carbonyl (C=O) groups is 2. The number of rotatable bonds is 3. The van der Waals surface area contributed by atoms with Crippen LogP contribution in [0.5, 0.6) is 0 Å². The van der Waals surface area contributed by atoms with Crippen molar-refractivity contribution in [2.24, 2.45) is 5.41 Å². The van der Waals surface area contributed by atoms with E-state index >= 15 is 0 Å². The molecule has 21 heavy (non-hydrogen) atoms. The van der Waals surface area contributed by atoms with Gasteiger partial charge in [0.05, 0.1) is 6.10 Å². The number of carboxylic acid groups (broad SMARTS) is 1. The molecule has 1 saturated carbocycles. The molecule has 3 atom stereocenters. The van der Waals surface area contributed by atoms with Crippen molar-refractivity contribution >= 4 is 12.0 Å². The van der Waals surface area contributed by atoms with Crippen molar-refractivity contribution in [2.75, 3.05) is 13.7 Å². The van der Waals surface area contributed by atoms with Crippen LogP contribution in [0.15, 0.2) is 0 Å². The molecule has 1 saturated heterocycles. The smallest absolute Gasteiger partial charge is 0.326 e. The zero-order chi connectivity index (χ0) is 15.6. The second-order valence-corrected chi connectivity index (χ2v) is 6.84. The van der Waals surface area contributed by atoms with Crippen LogP contribution in [-0.2, 0) is 9.53 Å². The largest absolute Gasteiger partial charge is 0.480 e. The Morgan fingerprint density at radius 3 is 2.62 bits per heavy atom. The Hall–Kier alpha value is -1.30. The average molecular weight is 298 g/mol. The third-order valence-electron chi connectivity index (χ3n) is 4.95. The number of urea groups is 1. The van der Waals surface area contributed by atoms with E-state index in [1.54, 1.807) is 7.11 Å². The fourth-order valence-corrected chi connectivity index (χ4v) is 3.42. The Kier molecular flexibility index (Phi) is 4.76. The highest BCUT2D eigenvalue weighted by molar-refractivity contribution is 5.83. The van der Waals surface area contributed by atoms with Crippen molar-refractivity contribution < 1.29 is 19.4 Å². The van der Waals surface area contributed by atoms with Gasteiger partial charge in [-0.1, -0.05) is 26.7 Å². The van der Waals surface area contributed by atoms with Gasteiger partial charge in [0.2, 0.25) is 0 Å². The zero-order valence-corrected chi connectivity index (χ0v) is 13.1. The van der Waals surface area contributed by atoms with Crippen LogP contribution >= 0.6 is 0 Å². The summed E-state index contributed by atoms with van der Waals surface area (Å²) in [6.45, 7) is 4.66. The van der Waals surface area contributed by atoms with E-state index < -0.39 is 12.0 Å². The number of hydrogen-bond donors (Lipinski definition) is 2. The number of hydrogen-bond acceptors (Lipinski definition) is 3. The van der Waals surface area contributed by atoms with E-state index in [9.17, 15) is 14.7 Å². The summed E-state index contributed by atoms with van der Waals surface area (Å²) in [6.07, 6.45) is 4.49. The highest BCUT2D eigenvalue weighted by Crippen LogP contribution is 2.35. The lowest BCUT2D eigenvalue weighted by atomic mass is 9.73. The van der Waals surface area contributed by atoms with Crippen LogP contribution in [0.25, 0.3) is 0 Å². The molecule has 0 aromatic rings. The molecule has 6 nitrogen and oxygen atoms in total. The highest BCUT2D eigenvalue weighted by atomic mass is 16.5. The van der Waals surface area contributed by atoms with E-state index in [-0.39, 0.29) is 23.6 Å². The van der Waals surface area contributed by atoms with Gasteiger partial charge in [-0.05, 0) is 18.3 Å². The first-order valence-corrected chi connectivity index (χ1v) is 7.68. The van der Waals surface area contributed by atoms with Gasteiger partial charge in [-0.15, -0.1) is 0 Å². The summed E-state index contributed by atoms with van der Waals surface area (Å²) in [7, 11) is 1.55. The molecule has 0 radical (unpaired) electrons. The third kappa shape index (κ3) is 3.48. The number of methoxy groups -OCH3 is 1. The minimum absolute atomic E-state index is 0.0625. The Balaban J connectivity index is 2.03. The lowest BCUT2D eigenvalue weighted by Crippen LogP contribution is -2.53. The zero-order valence-electron chi connectivity index (χ0n) is 13.1. The lowest BCUT2D eigenvalue weighted by Gasteiger charge is -2.40.